The number of hydrogen-bond acceptors (Lipinski definition) is 1. The lowest BCUT2D eigenvalue weighted by atomic mass is 10.2. The molecule has 0 bridgehead atoms. The Morgan fingerprint density at radius 3 is 2.73 bits per heavy atom. The molecule has 0 saturated heterocycles. The SMILES string of the molecule is Cc1cccc(NC(=O)C[n+]2cc(-c3ccccc3)n3c2CCC3)c1.[Cl-]. The van der Waals surface area contributed by atoms with Crippen LogP contribution < -0.4 is 22.3 Å². The van der Waals surface area contributed by atoms with Gasteiger partial charge in [0.15, 0.2) is 12.2 Å². The quantitative estimate of drug-likeness (QED) is 0.663. The van der Waals surface area contributed by atoms with E-state index in [9.17, 15) is 4.79 Å². The molecule has 1 aromatic heterocycles. The van der Waals surface area contributed by atoms with Crippen molar-refractivity contribution in [3.05, 3.63) is 72.2 Å². The number of aromatic nitrogens is 2. The highest BCUT2D eigenvalue weighted by Gasteiger charge is 2.29. The van der Waals surface area contributed by atoms with E-state index in [0.29, 0.717) is 6.54 Å². The molecule has 4 rings (SSSR count). The number of nitrogens with zero attached hydrogens (tertiary/aromatic N) is 2. The normalized spacial score (nSPS) is 12.3. The highest BCUT2D eigenvalue weighted by atomic mass is 35.5. The molecule has 0 fully saturated rings. The molecule has 0 saturated carbocycles. The first-order valence-electron chi connectivity index (χ1n) is 8.74. The van der Waals surface area contributed by atoms with Crippen molar-refractivity contribution in [3.8, 4) is 11.3 Å². The predicted octanol–water partition coefficient (Wildman–Crippen LogP) is 0.340. The van der Waals surface area contributed by atoms with Gasteiger partial charge in [0.05, 0.1) is 13.0 Å². The fraction of sp³-hybridized carbons (Fsp3) is 0.238. The summed E-state index contributed by atoms with van der Waals surface area (Å²) in [5.74, 6) is 1.24. The van der Waals surface area contributed by atoms with Gasteiger partial charge in [-0.05, 0) is 31.0 Å². The third-order valence-corrected chi connectivity index (χ3v) is 4.68. The maximum Gasteiger partial charge on any atom is 0.266 e. The number of anilines is 1. The summed E-state index contributed by atoms with van der Waals surface area (Å²) in [6.45, 7) is 3.39. The first kappa shape index (κ1) is 18.2. The lowest BCUT2D eigenvalue weighted by Gasteiger charge is -2.05. The van der Waals surface area contributed by atoms with Gasteiger partial charge in [0.2, 0.25) is 0 Å². The van der Waals surface area contributed by atoms with Crippen molar-refractivity contribution >= 4 is 11.6 Å². The topological polar surface area (TPSA) is 37.9 Å². The van der Waals surface area contributed by atoms with Crippen LogP contribution >= 0.6 is 0 Å². The van der Waals surface area contributed by atoms with Crippen molar-refractivity contribution in [1.82, 2.24) is 4.57 Å². The zero-order chi connectivity index (χ0) is 17.2. The van der Waals surface area contributed by atoms with Crippen molar-refractivity contribution in [3.63, 3.8) is 0 Å². The first-order chi connectivity index (χ1) is 12.2. The van der Waals surface area contributed by atoms with Crippen molar-refractivity contribution in [2.24, 2.45) is 0 Å². The van der Waals surface area contributed by atoms with E-state index in [4.69, 9.17) is 0 Å². The molecule has 1 amide bonds. The minimum absolute atomic E-state index is 0. The molecule has 1 aliphatic rings. The molecule has 0 unspecified atom stereocenters. The molecule has 0 atom stereocenters. The summed E-state index contributed by atoms with van der Waals surface area (Å²) in [7, 11) is 0. The number of carbonyl (C=O) groups is 1. The number of nitrogens with one attached hydrogen (secondary N) is 1. The Labute approximate surface area is 159 Å². The highest BCUT2D eigenvalue weighted by Crippen LogP contribution is 2.24. The summed E-state index contributed by atoms with van der Waals surface area (Å²) in [6.07, 6.45) is 4.26. The minimum atomic E-state index is 0. The van der Waals surface area contributed by atoms with Gasteiger partial charge in [0, 0.05) is 11.3 Å². The van der Waals surface area contributed by atoms with E-state index in [0.717, 1.165) is 30.6 Å². The number of benzene rings is 2. The largest absolute Gasteiger partial charge is 1.00 e. The summed E-state index contributed by atoms with van der Waals surface area (Å²) in [5.41, 5.74) is 4.38. The summed E-state index contributed by atoms with van der Waals surface area (Å²) < 4.78 is 4.44. The van der Waals surface area contributed by atoms with E-state index in [-0.39, 0.29) is 18.3 Å². The van der Waals surface area contributed by atoms with Gasteiger partial charge in [-0.2, -0.15) is 0 Å². The Morgan fingerprint density at radius 2 is 1.96 bits per heavy atom. The van der Waals surface area contributed by atoms with Crippen LogP contribution in [0.1, 0.15) is 17.8 Å². The number of carbonyl (C=O) groups excluding carboxylic acids is 1. The summed E-state index contributed by atoms with van der Waals surface area (Å²) in [5, 5.41) is 3.00. The van der Waals surface area contributed by atoms with Crippen LogP contribution in [-0.2, 0) is 24.3 Å². The van der Waals surface area contributed by atoms with Gasteiger partial charge in [-0.3, -0.25) is 4.79 Å². The standard InChI is InChI=1S/C21H21N3O.ClH/c1-16-7-5-10-18(13-16)22-20(25)15-23-14-19(17-8-3-2-4-9-17)24-12-6-11-21(23)24;/h2-5,7-10,13-14H,6,11-12,15H2,1H3;1H. The maximum atomic E-state index is 12.5. The minimum Gasteiger partial charge on any atom is -1.00 e. The van der Waals surface area contributed by atoms with Gasteiger partial charge < -0.3 is 17.7 Å². The van der Waals surface area contributed by atoms with Gasteiger partial charge in [-0.1, -0.05) is 42.5 Å². The van der Waals surface area contributed by atoms with Crippen LogP contribution in [0.2, 0.25) is 0 Å². The molecular weight excluding hydrogens is 346 g/mol. The van der Waals surface area contributed by atoms with Crippen LogP contribution in [0, 0.1) is 6.92 Å². The Hall–Kier alpha value is -2.59. The fourth-order valence-corrected chi connectivity index (χ4v) is 3.56. The predicted molar refractivity (Wildman–Crippen MR) is 98.2 cm³/mol. The van der Waals surface area contributed by atoms with Crippen molar-refractivity contribution in [2.45, 2.75) is 32.9 Å². The number of imidazole rings is 1. The van der Waals surface area contributed by atoms with E-state index in [1.54, 1.807) is 0 Å². The third-order valence-electron chi connectivity index (χ3n) is 4.68. The van der Waals surface area contributed by atoms with Crippen LogP contribution in [0.5, 0.6) is 0 Å². The highest BCUT2D eigenvalue weighted by molar-refractivity contribution is 5.89. The molecule has 2 aromatic carbocycles. The smallest absolute Gasteiger partial charge is 0.266 e. The van der Waals surface area contributed by atoms with Gasteiger partial charge in [-0.25, -0.2) is 9.13 Å². The maximum absolute atomic E-state index is 12.5. The molecule has 3 aromatic rings. The monoisotopic (exact) mass is 367 g/mol. The van der Waals surface area contributed by atoms with Gasteiger partial charge in [0.25, 0.3) is 11.7 Å². The van der Waals surface area contributed by atoms with Crippen molar-refractivity contribution < 1.29 is 21.8 Å². The zero-order valence-corrected chi connectivity index (χ0v) is 15.5. The lowest BCUT2D eigenvalue weighted by Crippen LogP contribution is -3.00. The van der Waals surface area contributed by atoms with Crippen LogP contribution in [0.4, 0.5) is 5.69 Å². The second-order valence-corrected chi connectivity index (χ2v) is 6.60. The number of halogens is 1. The van der Waals surface area contributed by atoms with E-state index in [2.05, 4.69) is 44.9 Å². The molecule has 134 valence electrons. The second kappa shape index (κ2) is 7.75. The number of hydrogen-bond donors (Lipinski definition) is 1. The Morgan fingerprint density at radius 1 is 1.15 bits per heavy atom. The molecule has 0 spiro atoms. The van der Waals surface area contributed by atoms with Crippen LogP contribution in [0.25, 0.3) is 11.3 Å². The molecule has 5 heteroatoms. The van der Waals surface area contributed by atoms with Crippen LogP contribution in [-0.4, -0.2) is 10.5 Å². The Kier molecular flexibility index (Phi) is 5.43. The summed E-state index contributed by atoms with van der Waals surface area (Å²) >= 11 is 0. The van der Waals surface area contributed by atoms with Crippen LogP contribution in [0.15, 0.2) is 60.8 Å². The second-order valence-electron chi connectivity index (χ2n) is 6.60. The average molecular weight is 368 g/mol. The summed E-state index contributed by atoms with van der Waals surface area (Å²) in [6, 6.07) is 18.3. The molecule has 26 heavy (non-hydrogen) atoms. The van der Waals surface area contributed by atoms with E-state index < -0.39 is 0 Å². The van der Waals surface area contributed by atoms with E-state index in [1.165, 1.54) is 17.1 Å². The van der Waals surface area contributed by atoms with Gasteiger partial charge in [-0.15, -0.1) is 0 Å². The van der Waals surface area contributed by atoms with Gasteiger partial charge in [0.1, 0.15) is 6.20 Å². The fourth-order valence-electron chi connectivity index (χ4n) is 3.56. The van der Waals surface area contributed by atoms with Crippen molar-refractivity contribution in [2.75, 3.05) is 5.32 Å². The number of rotatable bonds is 4. The van der Waals surface area contributed by atoms with Crippen molar-refractivity contribution in [1.29, 1.82) is 0 Å². The molecule has 0 aliphatic carbocycles. The molecule has 1 N–H and O–H groups in total. The molecular formula is C21H22ClN3O. The number of fused-ring (bicyclic) bond motifs is 1. The number of amides is 1. The molecule has 0 radical (unpaired) electrons. The Balaban J connectivity index is 0.00000196. The average Bonchev–Trinajstić information content (AvgIpc) is 3.19. The van der Waals surface area contributed by atoms with Crippen LogP contribution in [0.3, 0.4) is 0 Å². The van der Waals surface area contributed by atoms with Gasteiger partial charge >= 0.3 is 0 Å². The number of aryl methyl sites for hydroxylation is 1. The molecule has 1 aliphatic heterocycles. The lowest BCUT2D eigenvalue weighted by molar-refractivity contribution is -0.690. The molecule has 2 heterocycles. The zero-order valence-electron chi connectivity index (χ0n) is 14.8. The van der Waals surface area contributed by atoms with E-state index >= 15 is 0 Å². The summed E-state index contributed by atoms with van der Waals surface area (Å²) in [4.78, 5) is 12.5. The third kappa shape index (κ3) is 3.65. The van der Waals surface area contributed by atoms with E-state index in [1.807, 2.05) is 37.3 Å². The first-order valence-corrected chi connectivity index (χ1v) is 8.74. The molecule has 4 nitrogen and oxygen atoms in total. The Bertz CT molecular complexity index is 918.